The number of aromatic carboxylic acids is 1. The minimum absolute atomic E-state index is 0. The summed E-state index contributed by atoms with van der Waals surface area (Å²) in [6.07, 6.45) is 0. The minimum atomic E-state index is -0.927. The third kappa shape index (κ3) is 3.42. The number of hydrogen-bond donors (Lipinski definition) is 2. The number of para-hydroxylation sites is 1. The molecule has 2 aromatic rings. The zero-order valence-corrected chi connectivity index (χ0v) is 14.1. The zero-order valence-electron chi connectivity index (χ0n) is 11.1. The second-order valence-corrected chi connectivity index (χ2v) is 4.22. The summed E-state index contributed by atoms with van der Waals surface area (Å²) in [5.74, 6) is -0.927. The molecule has 0 atom stereocenters. The van der Waals surface area contributed by atoms with E-state index in [1.807, 2.05) is 38.1 Å². The van der Waals surface area contributed by atoms with E-state index in [2.05, 4.69) is 5.32 Å². The molecule has 2 N–H and O–H groups in total. The Labute approximate surface area is 125 Å². The van der Waals surface area contributed by atoms with Gasteiger partial charge in [-0.2, -0.15) is 0 Å². The number of aryl methyl sites for hydroxylation is 1. The molecule has 0 aromatic heterocycles. The summed E-state index contributed by atoms with van der Waals surface area (Å²) in [6.45, 7) is 4.05. The van der Waals surface area contributed by atoms with Crippen LogP contribution in [0, 0.1) is 13.8 Å². The van der Waals surface area contributed by atoms with Crippen LogP contribution in [-0.2, 0) is 19.5 Å². The quantitative estimate of drug-likeness (QED) is 0.849. The summed E-state index contributed by atoms with van der Waals surface area (Å²) in [6, 6.07) is 12.8. The van der Waals surface area contributed by atoms with E-state index in [-0.39, 0.29) is 25.0 Å². The second kappa shape index (κ2) is 6.49. The predicted molar refractivity (Wildman–Crippen MR) is 72.6 cm³/mol. The Kier molecular flexibility index (Phi) is 5.25. The van der Waals surface area contributed by atoms with Crippen molar-refractivity contribution in [1.29, 1.82) is 0 Å². The number of hydrogen-bond acceptors (Lipinski definition) is 2. The number of nitrogens with one attached hydrogen (secondary N) is 1. The van der Waals surface area contributed by atoms with Crippen molar-refractivity contribution < 1.29 is 29.4 Å². The van der Waals surface area contributed by atoms with Gasteiger partial charge in [0.1, 0.15) is 0 Å². The fourth-order valence-electron chi connectivity index (χ4n) is 1.81. The Balaban J connectivity index is 0.00000180. The van der Waals surface area contributed by atoms with E-state index >= 15 is 0 Å². The van der Waals surface area contributed by atoms with E-state index in [4.69, 9.17) is 5.11 Å². The molecule has 0 bridgehead atoms. The van der Waals surface area contributed by atoms with Crippen LogP contribution in [0.5, 0.6) is 0 Å². The number of carboxylic acids is 1. The molecule has 0 radical (unpaired) electrons. The third-order valence-corrected chi connectivity index (χ3v) is 3.03. The molecule has 0 aliphatic rings. The zero-order chi connectivity index (χ0) is 13.1. The molecule has 19 heavy (non-hydrogen) atoms. The van der Waals surface area contributed by atoms with Crippen molar-refractivity contribution in [3.8, 4) is 0 Å². The first-order valence-electron chi connectivity index (χ1n) is 5.75. The fourth-order valence-corrected chi connectivity index (χ4v) is 1.81. The monoisotopic (exact) mass is 305 g/mol. The van der Waals surface area contributed by atoms with Gasteiger partial charge in [-0.3, -0.25) is 0 Å². The standard InChI is InChI=1S/C15H15NO2.Zn/c1-10-6-5-9-13(11(10)2)16-14-8-4-3-7-12(14)15(17)18;/h3-9,16H,1-2H3,(H,17,18);. The Hall–Kier alpha value is -1.67. The van der Waals surface area contributed by atoms with Gasteiger partial charge in [-0.05, 0) is 43.2 Å². The number of carbonyl (C=O) groups is 1. The average molecular weight is 307 g/mol. The number of carboxylic acid groups (broad SMARTS) is 1. The molecular formula is C15H15NO2Zn. The van der Waals surface area contributed by atoms with E-state index in [9.17, 15) is 4.79 Å². The maximum atomic E-state index is 11.1. The number of rotatable bonds is 3. The van der Waals surface area contributed by atoms with Gasteiger partial charge in [-0.15, -0.1) is 0 Å². The normalized spacial score (nSPS) is 9.58. The van der Waals surface area contributed by atoms with Crippen molar-refractivity contribution in [2.24, 2.45) is 0 Å². The van der Waals surface area contributed by atoms with Crippen molar-refractivity contribution in [3.05, 3.63) is 59.2 Å². The van der Waals surface area contributed by atoms with Gasteiger partial charge in [0, 0.05) is 25.2 Å². The van der Waals surface area contributed by atoms with Crippen LogP contribution in [0.4, 0.5) is 11.4 Å². The molecule has 0 aliphatic carbocycles. The van der Waals surface area contributed by atoms with Crippen molar-refractivity contribution >= 4 is 17.3 Å². The molecule has 0 saturated carbocycles. The third-order valence-electron chi connectivity index (χ3n) is 3.03. The van der Waals surface area contributed by atoms with Crippen LogP contribution in [-0.4, -0.2) is 11.1 Å². The molecule has 0 amide bonds. The second-order valence-electron chi connectivity index (χ2n) is 4.22. The van der Waals surface area contributed by atoms with E-state index < -0.39 is 5.97 Å². The maximum absolute atomic E-state index is 11.1. The number of anilines is 2. The van der Waals surface area contributed by atoms with Gasteiger partial charge in [-0.1, -0.05) is 24.3 Å². The summed E-state index contributed by atoms with van der Waals surface area (Å²) in [5, 5.41) is 12.3. The SMILES string of the molecule is Cc1cccc(Nc2ccccc2C(=O)O)c1C.[Zn]. The topological polar surface area (TPSA) is 49.3 Å². The van der Waals surface area contributed by atoms with Gasteiger partial charge in [0.25, 0.3) is 0 Å². The van der Waals surface area contributed by atoms with E-state index in [0.29, 0.717) is 5.69 Å². The van der Waals surface area contributed by atoms with Crippen LogP contribution in [0.2, 0.25) is 0 Å². The Morgan fingerprint density at radius 3 is 2.32 bits per heavy atom. The summed E-state index contributed by atoms with van der Waals surface area (Å²) >= 11 is 0. The summed E-state index contributed by atoms with van der Waals surface area (Å²) in [7, 11) is 0. The molecule has 2 aromatic carbocycles. The molecule has 2 rings (SSSR count). The summed E-state index contributed by atoms with van der Waals surface area (Å²) in [4.78, 5) is 11.1. The van der Waals surface area contributed by atoms with E-state index in [1.165, 1.54) is 5.56 Å². The van der Waals surface area contributed by atoms with Crippen LogP contribution in [0.25, 0.3) is 0 Å². The Morgan fingerprint density at radius 1 is 1.00 bits per heavy atom. The fraction of sp³-hybridized carbons (Fsp3) is 0.133. The average Bonchev–Trinajstić information content (AvgIpc) is 2.35. The first-order chi connectivity index (χ1) is 8.59. The van der Waals surface area contributed by atoms with Gasteiger partial charge in [0.05, 0.1) is 11.3 Å². The molecule has 3 nitrogen and oxygen atoms in total. The first-order valence-corrected chi connectivity index (χ1v) is 5.75. The Bertz CT molecular complexity index is 596. The smallest absolute Gasteiger partial charge is 0.337 e. The van der Waals surface area contributed by atoms with Gasteiger partial charge in [-0.25, -0.2) is 4.79 Å². The van der Waals surface area contributed by atoms with Crippen molar-refractivity contribution in [2.45, 2.75) is 13.8 Å². The molecular weight excluding hydrogens is 292 g/mol. The molecule has 94 valence electrons. The van der Waals surface area contributed by atoms with Gasteiger partial charge >= 0.3 is 5.97 Å². The summed E-state index contributed by atoms with van der Waals surface area (Å²) in [5.41, 5.74) is 4.12. The predicted octanol–water partition coefficient (Wildman–Crippen LogP) is 3.74. The van der Waals surface area contributed by atoms with Gasteiger partial charge in [0.15, 0.2) is 0 Å². The largest absolute Gasteiger partial charge is 0.478 e. The maximum Gasteiger partial charge on any atom is 0.337 e. The molecule has 0 fully saturated rings. The molecule has 0 unspecified atom stereocenters. The number of benzene rings is 2. The molecule has 4 heteroatoms. The molecule has 0 spiro atoms. The first kappa shape index (κ1) is 15.4. The van der Waals surface area contributed by atoms with E-state index in [1.54, 1.807) is 18.2 Å². The van der Waals surface area contributed by atoms with Crippen molar-refractivity contribution in [3.63, 3.8) is 0 Å². The van der Waals surface area contributed by atoms with Crippen molar-refractivity contribution in [2.75, 3.05) is 5.32 Å². The van der Waals surface area contributed by atoms with Gasteiger partial charge < -0.3 is 10.4 Å². The van der Waals surface area contributed by atoms with Crippen LogP contribution >= 0.6 is 0 Å². The summed E-state index contributed by atoms with van der Waals surface area (Å²) < 4.78 is 0. The van der Waals surface area contributed by atoms with E-state index in [0.717, 1.165) is 11.3 Å². The minimum Gasteiger partial charge on any atom is -0.478 e. The molecule has 0 saturated heterocycles. The molecule has 0 heterocycles. The van der Waals surface area contributed by atoms with Gasteiger partial charge in [0.2, 0.25) is 0 Å². The molecule has 0 aliphatic heterocycles. The Morgan fingerprint density at radius 2 is 1.63 bits per heavy atom. The van der Waals surface area contributed by atoms with Crippen LogP contribution < -0.4 is 5.32 Å². The van der Waals surface area contributed by atoms with Crippen molar-refractivity contribution in [1.82, 2.24) is 0 Å². The van der Waals surface area contributed by atoms with Crippen LogP contribution in [0.15, 0.2) is 42.5 Å². The van der Waals surface area contributed by atoms with Crippen LogP contribution in [0.1, 0.15) is 21.5 Å². The van der Waals surface area contributed by atoms with Crippen LogP contribution in [0.3, 0.4) is 0 Å².